The summed E-state index contributed by atoms with van der Waals surface area (Å²) >= 11 is 0. The number of nitrogens with zero attached hydrogens (tertiary/aromatic N) is 1. The number of amides is 3. The van der Waals surface area contributed by atoms with Crippen LogP contribution in [0.5, 0.6) is 0 Å². The third-order valence-corrected chi connectivity index (χ3v) is 7.77. The molecular formula is C39H53N3O4. The number of hydrogen-bond acceptors (Lipinski definition) is 4. The number of rotatable bonds is 16. The van der Waals surface area contributed by atoms with Gasteiger partial charge in [-0.1, -0.05) is 114 Å². The molecule has 0 spiro atoms. The van der Waals surface area contributed by atoms with Crippen LogP contribution in [0.4, 0.5) is 10.5 Å². The molecule has 2 unspecified atom stereocenters. The molecule has 7 heteroatoms. The molecule has 248 valence electrons. The minimum atomic E-state index is -0.940. The van der Waals surface area contributed by atoms with E-state index in [-0.39, 0.29) is 17.7 Å². The van der Waals surface area contributed by atoms with Crippen LogP contribution < -0.4 is 10.6 Å². The Morgan fingerprint density at radius 1 is 0.891 bits per heavy atom. The molecule has 0 heterocycles. The summed E-state index contributed by atoms with van der Waals surface area (Å²) in [5.41, 5.74) is 1.45. The maximum atomic E-state index is 14.6. The van der Waals surface area contributed by atoms with Gasteiger partial charge >= 0.3 is 6.09 Å². The number of carbonyl (C=O) groups excluding carboxylic acids is 3. The number of unbranched alkanes of at least 4 members (excludes halogenated alkanes) is 5. The second-order valence-electron chi connectivity index (χ2n) is 13.5. The summed E-state index contributed by atoms with van der Waals surface area (Å²) < 4.78 is 5.54. The largest absolute Gasteiger partial charge is 0.444 e. The molecule has 0 bridgehead atoms. The SMILES string of the molecule is C=Cc1cccc(C(C(=O)Nc2ccc3ccccc3c2)N(CCCCCCCC)C(=O)C(CC(C)C)NC(=O)OC(C)(C)C)c1. The number of hydrogen-bond donors (Lipinski definition) is 2. The van der Waals surface area contributed by atoms with Crippen molar-refractivity contribution in [3.8, 4) is 0 Å². The molecular weight excluding hydrogens is 574 g/mol. The molecule has 0 radical (unpaired) electrons. The first-order chi connectivity index (χ1) is 21.9. The lowest BCUT2D eigenvalue weighted by Crippen LogP contribution is -2.53. The third-order valence-electron chi connectivity index (χ3n) is 7.77. The summed E-state index contributed by atoms with van der Waals surface area (Å²) in [6, 6.07) is 19.5. The molecule has 0 aliphatic rings. The van der Waals surface area contributed by atoms with Crippen molar-refractivity contribution in [3.05, 3.63) is 84.4 Å². The maximum absolute atomic E-state index is 14.6. The van der Waals surface area contributed by atoms with Crippen LogP contribution in [0.1, 0.15) is 104 Å². The molecule has 0 aliphatic carbocycles. The van der Waals surface area contributed by atoms with Crippen LogP contribution in [0.2, 0.25) is 0 Å². The molecule has 3 rings (SSSR count). The average Bonchev–Trinajstić information content (AvgIpc) is 3.00. The van der Waals surface area contributed by atoms with E-state index in [0.29, 0.717) is 24.2 Å². The molecule has 0 fully saturated rings. The van der Waals surface area contributed by atoms with Crippen LogP contribution in [0, 0.1) is 5.92 Å². The average molecular weight is 628 g/mol. The van der Waals surface area contributed by atoms with Crippen molar-refractivity contribution in [1.29, 1.82) is 0 Å². The fraction of sp³-hybridized carbons (Fsp3) is 0.462. The van der Waals surface area contributed by atoms with Gasteiger partial charge in [-0.15, -0.1) is 0 Å². The zero-order valence-corrected chi connectivity index (χ0v) is 28.6. The first-order valence-electron chi connectivity index (χ1n) is 16.7. The monoisotopic (exact) mass is 627 g/mol. The van der Waals surface area contributed by atoms with Crippen molar-refractivity contribution in [2.75, 3.05) is 11.9 Å². The summed E-state index contributed by atoms with van der Waals surface area (Å²) in [5, 5.41) is 8.02. The van der Waals surface area contributed by atoms with Gasteiger partial charge in [0.05, 0.1) is 0 Å². The maximum Gasteiger partial charge on any atom is 0.408 e. The summed E-state index contributed by atoms with van der Waals surface area (Å²) in [6.45, 7) is 15.8. The van der Waals surface area contributed by atoms with E-state index < -0.39 is 23.8 Å². The molecule has 2 atom stereocenters. The smallest absolute Gasteiger partial charge is 0.408 e. The topological polar surface area (TPSA) is 87.7 Å². The van der Waals surface area contributed by atoms with Crippen LogP contribution >= 0.6 is 0 Å². The lowest BCUT2D eigenvalue weighted by atomic mass is 9.97. The fourth-order valence-electron chi connectivity index (χ4n) is 5.58. The lowest BCUT2D eigenvalue weighted by Gasteiger charge is -2.35. The summed E-state index contributed by atoms with van der Waals surface area (Å²) in [6.07, 6.45) is 7.65. The Hall–Kier alpha value is -4.13. The highest BCUT2D eigenvalue weighted by molar-refractivity contribution is 6.00. The minimum Gasteiger partial charge on any atom is -0.444 e. The Kier molecular flexibility index (Phi) is 13.9. The molecule has 0 saturated heterocycles. The van der Waals surface area contributed by atoms with Crippen LogP contribution in [0.25, 0.3) is 16.8 Å². The van der Waals surface area contributed by atoms with Crippen molar-refractivity contribution < 1.29 is 19.1 Å². The van der Waals surface area contributed by atoms with Gasteiger partial charge < -0.3 is 20.3 Å². The van der Waals surface area contributed by atoms with Gasteiger partial charge in [0.25, 0.3) is 5.91 Å². The van der Waals surface area contributed by atoms with E-state index in [9.17, 15) is 14.4 Å². The Labute approximate surface area is 275 Å². The lowest BCUT2D eigenvalue weighted by molar-refractivity contribution is -0.141. The van der Waals surface area contributed by atoms with Gasteiger partial charge in [0.1, 0.15) is 17.7 Å². The number of carbonyl (C=O) groups is 3. The summed E-state index contributed by atoms with van der Waals surface area (Å²) in [7, 11) is 0. The van der Waals surface area contributed by atoms with E-state index in [1.165, 1.54) is 6.42 Å². The minimum absolute atomic E-state index is 0.105. The highest BCUT2D eigenvalue weighted by Gasteiger charge is 2.36. The fourth-order valence-corrected chi connectivity index (χ4v) is 5.58. The van der Waals surface area contributed by atoms with Gasteiger partial charge in [0.2, 0.25) is 5.91 Å². The molecule has 7 nitrogen and oxygen atoms in total. The van der Waals surface area contributed by atoms with E-state index in [1.807, 2.05) is 80.6 Å². The molecule has 2 N–H and O–H groups in total. The van der Waals surface area contributed by atoms with Crippen LogP contribution in [-0.2, 0) is 14.3 Å². The van der Waals surface area contributed by atoms with E-state index in [4.69, 9.17) is 4.74 Å². The van der Waals surface area contributed by atoms with Gasteiger partial charge in [-0.25, -0.2) is 4.79 Å². The number of nitrogens with one attached hydrogen (secondary N) is 2. The number of fused-ring (bicyclic) bond motifs is 1. The number of ether oxygens (including phenoxy) is 1. The zero-order valence-electron chi connectivity index (χ0n) is 28.6. The predicted octanol–water partition coefficient (Wildman–Crippen LogP) is 9.29. The number of alkyl carbamates (subject to hydrolysis) is 1. The van der Waals surface area contributed by atoms with Gasteiger partial charge in [-0.2, -0.15) is 0 Å². The third kappa shape index (κ3) is 11.3. The van der Waals surface area contributed by atoms with Gasteiger partial charge in [-0.3, -0.25) is 9.59 Å². The first-order valence-corrected chi connectivity index (χ1v) is 16.7. The second-order valence-corrected chi connectivity index (χ2v) is 13.5. The van der Waals surface area contributed by atoms with Crippen LogP contribution in [-0.4, -0.2) is 41.0 Å². The predicted molar refractivity (Wildman–Crippen MR) is 190 cm³/mol. The molecule has 46 heavy (non-hydrogen) atoms. The number of anilines is 1. The van der Waals surface area contributed by atoms with Crippen molar-refractivity contribution >= 4 is 40.4 Å². The molecule has 3 aromatic rings. The van der Waals surface area contributed by atoms with Crippen molar-refractivity contribution in [3.63, 3.8) is 0 Å². The highest BCUT2D eigenvalue weighted by Crippen LogP contribution is 2.28. The molecule has 3 aromatic carbocycles. The van der Waals surface area contributed by atoms with Crippen molar-refractivity contribution in [2.24, 2.45) is 5.92 Å². The van der Waals surface area contributed by atoms with Gasteiger partial charge in [0.15, 0.2) is 0 Å². The van der Waals surface area contributed by atoms with E-state index in [1.54, 1.807) is 31.7 Å². The second kappa shape index (κ2) is 17.5. The zero-order chi connectivity index (χ0) is 33.7. The van der Waals surface area contributed by atoms with Crippen molar-refractivity contribution in [2.45, 2.75) is 104 Å². The van der Waals surface area contributed by atoms with Gasteiger partial charge in [-0.05, 0) is 79.6 Å². The Bertz CT molecular complexity index is 1460. The van der Waals surface area contributed by atoms with Crippen molar-refractivity contribution in [1.82, 2.24) is 10.2 Å². The Morgan fingerprint density at radius 2 is 1.59 bits per heavy atom. The summed E-state index contributed by atoms with van der Waals surface area (Å²) in [4.78, 5) is 43.6. The highest BCUT2D eigenvalue weighted by atomic mass is 16.6. The molecule has 3 amide bonds. The standard InChI is InChI=1S/C39H53N3O4/c1-8-10-11-12-13-16-24-42(37(44)34(25-28(3)4)41-38(45)46-39(5,6)7)35(32-21-17-18-29(9-2)26-32)36(43)40-33-23-22-30-19-14-15-20-31(30)27-33/h9,14-15,17-23,26-28,34-35H,2,8,10-13,16,24-25H2,1,3-7H3,(H,40,43)(H,41,45). The Balaban J connectivity index is 2.04. The summed E-state index contributed by atoms with van der Waals surface area (Å²) in [5.74, 6) is -0.527. The normalized spacial score (nSPS) is 12.8. The molecule has 0 aliphatic heterocycles. The number of benzene rings is 3. The Morgan fingerprint density at radius 3 is 2.26 bits per heavy atom. The van der Waals surface area contributed by atoms with E-state index >= 15 is 0 Å². The van der Waals surface area contributed by atoms with E-state index in [0.717, 1.165) is 48.4 Å². The molecule has 0 aromatic heterocycles. The van der Waals surface area contributed by atoms with Crippen LogP contribution in [0.3, 0.4) is 0 Å². The van der Waals surface area contributed by atoms with Crippen LogP contribution in [0.15, 0.2) is 73.3 Å². The quantitative estimate of drug-likeness (QED) is 0.155. The van der Waals surface area contributed by atoms with E-state index in [2.05, 4.69) is 24.1 Å². The first kappa shape index (κ1) is 36.3. The van der Waals surface area contributed by atoms with Gasteiger partial charge in [0, 0.05) is 12.2 Å². The molecule has 0 saturated carbocycles.